The number of hydrogen-bond acceptors (Lipinski definition) is 9. The lowest BCUT2D eigenvalue weighted by Crippen LogP contribution is -2.32. The van der Waals surface area contributed by atoms with Gasteiger partial charge in [-0.2, -0.15) is 0 Å². The minimum Gasteiger partial charge on any atom is -0.506 e. The van der Waals surface area contributed by atoms with Gasteiger partial charge in [0.2, 0.25) is 0 Å². The number of carboxylic acids is 1. The van der Waals surface area contributed by atoms with Crippen molar-refractivity contribution in [1.82, 2.24) is 4.98 Å². The molecule has 0 radical (unpaired) electrons. The van der Waals surface area contributed by atoms with E-state index in [1.807, 2.05) is 0 Å². The number of rotatable bonds is 7. The van der Waals surface area contributed by atoms with E-state index in [1.54, 1.807) is 30.3 Å². The van der Waals surface area contributed by atoms with Crippen molar-refractivity contribution in [1.29, 1.82) is 0 Å². The highest BCUT2D eigenvalue weighted by molar-refractivity contribution is 5.85. The van der Waals surface area contributed by atoms with Crippen molar-refractivity contribution in [3.63, 3.8) is 0 Å². The second-order valence-electron chi connectivity index (χ2n) is 6.60. The van der Waals surface area contributed by atoms with Gasteiger partial charge in [-0.15, -0.1) is 10.2 Å². The highest BCUT2D eigenvalue weighted by Gasteiger charge is 2.13. The zero-order chi connectivity index (χ0) is 23.1. The number of phenolic OH excluding ortho intramolecular Hbond substituents is 1. The molecular weight excluding hydrogens is 416 g/mol. The average Bonchev–Trinajstić information content (AvgIpc) is 2.75. The molecule has 0 fully saturated rings. The molecule has 11 heteroatoms. The summed E-state index contributed by atoms with van der Waals surface area (Å²) in [6.45, 7) is 0. The van der Waals surface area contributed by atoms with Crippen LogP contribution in [0, 0.1) is 0 Å². The second kappa shape index (κ2) is 10.00. The molecule has 0 unspecified atom stereocenters. The number of nitrogens with one attached hydrogen (secondary N) is 1. The van der Waals surface area contributed by atoms with Crippen molar-refractivity contribution in [2.45, 2.75) is 12.5 Å². The molecule has 0 aliphatic heterocycles. The van der Waals surface area contributed by atoms with Crippen LogP contribution in [0.25, 0.3) is 0 Å². The number of aliphatic carboxylic acids is 1. The minimum absolute atomic E-state index is 0.0149. The first-order valence-corrected chi connectivity index (χ1v) is 9.34. The van der Waals surface area contributed by atoms with Gasteiger partial charge in [0, 0.05) is 0 Å². The van der Waals surface area contributed by atoms with Crippen LogP contribution in [0.1, 0.15) is 5.56 Å². The number of nitrogen functional groups attached to an aromatic ring is 1. The summed E-state index contributed by atoms with van der Waals surface area (Å²) in [5, 5.41) is 28.9. The first-order valence-electron chi connectivity index (χ1n) is 9.34. The number of carbonyl (C=O) groups is 2. The van der Waals surface area contributed by atoms with Gasteiger partial charge in [-0.3, -0.25) is 10.1 Å². The first kappa shape index (κ1) is 22.2. The molecule has 7 N–H and O–H groups in total. The molecule has 32 heavy (non-hydrogen) atoms. The van der Waals surface area contributed by atoms with Gasteiger partial charge < -0.3 is 26.4 Å². The van der Waals surface area contributed by atoms with Gasteiger partial charge in [-0.05, 0) is 48.4 Å². The number of amides is 1. The molecule has 3 rings (SSSR count). The number of benzene rings is 2. The van der Waals surface area contributed by atoms with E-state index in [2.05, 4.69) is 20.5 Å². The number of pyridine rings is 1. The van der Waals surface area contributed by atoms with Gasteiger partial charge in [0.05, 0.1) is 0 Å². The summed E-state index contributed by atoms with van der Waals surface area (Å²) in [6, 6.07) is 14.7. The van der Waals surface area contributed by atoms with Gasteiger partial charge in [0.15, 0.2) is 5.82 Å². The Balaban J connectivity index is 1.59. The molecule has 3 aromatic rings. The summed E-state index contributed by atoms with van der Waals surface area (Å²) in [4.78, 5) is 26.9. The number of azo groups is 1. The van der Waals surface area contributed by atoms with E-state index in [1.165, 1.54) is 30.3 Å². The third-order valence-corrected chi connectivity index (χ3v) is 4.19. The standard InChI is InChI=1S/C21H20N6O5/c22-14(20(29)30)11-12-5-7-13(8-6-12)32-21(31)25-18-10-9-16(19(23)24-18)27-26-15-3-1-2-4-17(15)28/h1-10,14,28H,11,22H2,(H,29,30)(H3,23,24,25,31)/b27-26+/t14-/m0/s1. The van der Waals surface area contributed by atoms with Crippen molar-refractivity contribution >= 4 is 35.1 Å². The normalized spacial score (nSPS) is 11.8. The number of carbonyl (C=O) groups excluding carboxylic acids is 1. The minimum atomic E-state index is -1.10. The van der Waals surface area contributed by atoms with Gasteiger partial charge in [-0.25, -0.2) is 9.78 Å². The summed E-state index contributed by atoms with van der Waals surface area (Å²) in [5.74, 6) is -0.723. The Hall–Kier alpha value is -4.51. The van der Waals surface area contributed by atoms with Crippen LogP contribution in [0.5, 0.6) is 11.5 Å². The second-order valence-corrected chi connectivity index (χ2v) is 6.60. The number of aromatic nitrogens is 1. The lowest BCUT2D eigenvalue weighted by Gasteiger charge is -2.09. The predicted molar refractivity (Wildman–Crippen MR) is 116 cm³/mol. The van der Waals surface area contributed by atoms with E-state index in [0.29, 0.717) is 5.56 Å². The van der Waals surface area contributed by atoms with Crippen LogP contribution < -0.4 is 21.5 Å². The van der Waals surface area contributed by atoms with E-state index < -0.39 is 18.1 Å². The van der Waals surface area contributed by atoms with Crippen LogP contribution in [0.2, 0.25) is 0 Å². The maximum atomic E-state index is 12.1. The van der Waals surface area contributed by atoms with Crippen LogP contribution in [0.3, 0.4) is 0 Å². The fraction of sp³-hybridized carbons (Fsp3) is 0.0952. The van der Waals surface area contributed by atoms with Crippen molar-refractivity contribution in [2.24, 2.45) is 16.0 Å². The largest absolute Gasteiger partial charge is 0.506 e. The molecule has 0 aliphatic rings. The lowest BCUT2D eigenvalue weighted by molar-refractivity contribution is -0.138. The van der Waals surface area contributed by atoms with E-state index in [-0.39, 0.29) is 40.9 Å². The number of carboxylic acid groups (broad SMARTS) is 1. The number of ether oxygens (including phenoxy) is 1. The highest BCUT2D eigenvalue weighted by Crippen LogP contribution is 2.29. The molecule has 1 aromatic heterocycles. The van der Waals surface area contributed by atoms with Crippen LogP contribution in [0.4, 0.5) is 27.8 Å². The number of aromatic hydroxyl groups is 1. The molecule has 2 aromatic carbocycles. The van der Waals surface area contributed by atoms with E-state index in [4.69, 9.17) is 21.3 Å². The summed E-state index contributed by atoms with van der Waals surface area (Å²) >= 11 is 0. The smallest absolute Gasteiger partial charge is 0.418 e. The number of nitrogens with zero attached hydrogens (tertiary/aromatic N) is 3. The van der Waals surface area contributed by atoms with Crippen molar-refractivity contribution in [2.75, 3.05) is 11.1 Å². The number of para-hydroxylation sites is 1. The van der Waals surface area contributed by atoms with Crippen molar-refractivity contribution in [3.8, 4) is 11.5 Å². The van der Waals surface area contributed by atoms with Crippen LogP contribution in [0.15, 0.2) is 70.9 Å². The quantitative estimate of drug-likeness (QED) is 0.349. The van der Waals surface area contributed by atoms with E-state index >= 15 is 0 Å². The summed E-state index contributed by atoms with van der Waals surface area (Å²) < 4.78 is 5.17. The molecule has 0 aliphatic carbocycles. The maximum absolute atomic E-state index is 12.1. The number of phenols is 1. The third-order valence-electron chi connectivity index (χ3n) is 4.19. The van der Waals surface area contributed by atoms with Crippen molar-refractivity contribution < 1.29 is 24.5 Å². The van der Waals surface area contributed by atoms with Crippen LogP contribution in [-0.4, -0.2) is 33.3 Å². The zero-order valence-corrected chi connectivity index (χ0v) is 16.7. The fourth-order valence-electron chi connectivity index (χ4n) is 2.55. The summed E-state index contributed by atoms with van der Waals surface area (Å²) in [7, 11) is 0. The molecule has 164 valence electrons. The topological polar surface area (TPSA) is 186 Å². The first-order chi connectivity index (χ1) is 15.3. The molecule has 11 nitrogen and oxygen atoms in total. The molecule has 0 bridgehead atoms. The summed E-state index contributed by atoms with van der Waals surface area (Å²) in [5.41, 5.74) is 12.6. The number of anilines is 2. The van der Waals surface area contributed by atoms with Gasteiger partial charge in [0.25, 0.3) is 0 Å². The Bertz CT molecular complexity index is 1150. The number of hydrogen-bond donors (Lipinski definition) is 5. The Morgan fingerprint density at radius 1 is 1.03 bits per heavy atom. The summed E-state index contributed by atoms with van der Waals surface area (Å²) in [6.07, 6.45) is -0.644. The molecule has 1 heterocycles. The Kier molecular flexibility index (Phi) is 6.93. The zero-order valence-electron chi connectivity index (χ0n) is 16.7. The lowest BCUT2D eigenvalue weighted by atomic mass is 10.1. The Labute approximate surface area is 182 Å². The average molecular weight is 436 g/mol. The van der Waals surface area contributed by atoms with Gasteiger partial charge in [0.1, 0.15) is 34.7 Å². The fourth-order valence-corrected chi connectivity index (χ4v) is 2.55. The third kappa shape index (κ3) is 6.00. The van der Waals surface area contributed by atoms with Crippen LogP contribution in [-0.2, 0) is 11.2 Å². The molecular formula is C21H20N6O5. The SMILES string of the molecule is Nc1nc(NC(=O)Oc2ccc(C[C@H](N)C(=O)O)cc2)ccc1/N=N/c1ccccc1O. The maximum Gasteiger partial charge on any atom is 0.418 e. The molecule has 0 saturated heterocycles. The van der Waals surface area contributed by atoms with Crippen molar-refractivity contribution in [3.05, 3.63) is 66.2 Å². The van der Waals surface area contributed by atoms with Gasteiger partial charge in [-0.1, -0.05) is 24.3 Å². The molecule has 1 amide bonds. The highest BCUT2D eigenvalue weighted by atomic mass is 16.6. The van der Waals surface area contributed by atoms with Crippen LogP contribution >= 0.6 is 0 Å². The van der Waals surface area contributed by atoms with E-state index in [9.17, 15) is 14.7 Å². The molecule has 0 saturated carbocycles. The number of nitrogens with two attached hydrogens (primary N) is 2. The molecule has 0 spiro atoms. The molecule has 1 atom stereocenters. The Morgan fingerprint density at radius 3 is 2.38 bits per heavy atom. The monoisotopic (exact) mass is 436 g/mol. The predicted octanol–water partition coefficient (Wildman–Crippen LogP) is 3.35. The van der Waals surface area contributed by atoms with E-state index in [0.717, 1.165) is 0 Å². The Morgan fingerprint density at radius 2 is 1.72 bits per heavy atom. The van der Waals surface area contributed by atoms with Gasteiger partial charge >= 0.3 is 12.1 Å².